The van der Waals surface area contributed by atoms with Crippen LogP contribution in [0.4, 0.5) is 21.6 Å². The van der Waals surface area contributed by atoms with Gasteiger partial charge in [0.25, 0.3) is 11.8 Å². The smallest absolute Gasteiger partial charge is 0.276 e. The van der Waals surface area contributed by atoms with Crippen LogP contribution >= 0.6 is 22.9 Å². The van der Waals surface area contributed by atoms with E-state index >= 15 is 0 Å². The number of amides is 2. The number of carbonyl (C=O) groups excluding carboxylic acids is 2. The van der Waals surface area contributed by atoms with Crippen LogP contribution in [0.3, 0.4) is 0 Å². The molecule has 41 heavy (non-hydrogen) atoms. The number of hydrogen-bond donors (Lipinski definition) is 2. The Morgan fingerprint density at radius 3 is 2.71 bits per heavy atom. The molecule has 2 aliphatic rings. The lowest BCUT2D eigenvalue weighted by molar-refractivity contribution is 0.0981. The molecule has 0 aliphatic carbocycles. The van der Waals surface area contributed by atoms with Gasteiger partial charge in [-0.05, 0) is 80.3 Å². The lowest BCUT2D eigenvalue weighted by Crippen LogP contribution is -2.34. The summed E-state index contributed by atoms with van der Waals surface area (Å²) in [5.41, 5.74) is 3.45. The number of anilines is 3. The number of nitrogens with one attached hydrogen (secondary N) is 1. The molecule has 2 atom stereocenters. The second kappa shape index (κ2) is 10.9. The molecule has 6 rings (SSSR count). The molecule has 4 heterocycles. The molecule has 0 radical (unpaired) electrons. The summed E-state index contributed by atoms with van der Waals surface area (Å²) in [7, 11) is 0. The van der Waals surface area contributed by atoms with Crippen molar-refractivity contribution in [3.8, 4) is 10.4 Å². The van der Waals surface area contributed by atoms with E-state index in [1.807, 2.05) is 36.1 Å². The maximum Gasteiger partial charge on any atom is 0.276 e. The van der Waals surface area contributed by atoms with Gasteiger partial charge in [0.2, 0.25) is 0 Å². The average Bonchev–Trinajstić information content (AvgIpc) is 3.49. The third-order valence-electron chi connectivity index (χ3n) is 7.64. The van der Waals surface area contributed by atoms with Crippen molar-refractivity contribution in [2.24, 2.45) is 0 Å². The lowest BCUT2D eigenvalue weighted by Gasteiger charge is -2.25. The average molecular weight is 591 g/mol. The molecule has 1 saturated heterocycles. The van der Waals surface area contributed by atoms with E-state index in [0.29, 0.717) is 58.6 Å². The number of halogens is 2. The Bertz CT molecular complexity index is 1650. The number of benzene rings is 2. The number of carbonyl (C=O) groups is 2. The highest BCUT2D eigenvalue weighted by Crippen LogP contribution is 2.43. The van der Waals surface area contributed by atoms with Crippen LogP contribution in [0.1, 0.15) is 44.6 Å². The highest BCUT2D eigenvalue weighted by molar-refractivity contribution is 7.17. The van der Waals surface area contributed by atoms with Crippen LogP contribution in [0.15, 0.2) is 60.7 Å². The first-order valence-electron chi connectivity index (χ1n) is 13.4. The molecule has 2 aromatic heterocycles. The lowest BCUT2D eigenvalue weighted by atomic mass is 10.1. The molecule has 2 amide bonds. The van der Waals surface area contributed by atoms with Crippen LogP contribution in [0, 0.1) is 12.7 Å². The Morgan fingerprint density at radius 1 is 1.15 bits per heavy atom. The Hall–Kier alpha value is -3.79. The molecule has 0 bridgehead atoms. The predicted molar refractivity (Wildman–Crippen MR) is 161 cm³/mol. The van der Waals surface area contributed by atoms with Crippen LogP contribution in [0.2, 0.25) is 5.02 Å². The zero-order chi connectivity index (χ0) is 28.8. The molecule has 0 spiro atoms. The zero-order valence-electron chi connectivity index (χ0n) is 22.5. The molecular weight excluding hydrogens is 563 g/mol. The fourth-order valence-electron chi connectivity index (χ4n) is 5.57. The van der Waals surface area contributed by atoms with Gasteiger partial charge in [-0.25, -0.2) is 9.37 Å². The summed E-state index contributed by atoms with van der Waals surface area (Å²) in [4.78, 5) is 36.8. The summed E-state index contributed by atoms with van der Waals surface area (Å²) >= 11 is 7.71. The number of fused-ring (bicyclic) bond motifs is 3. The number of aliphatic hydroxyl groups is 1. The number of aromatic nitrogens is 1. The topological polar surface area (TPSA) is 85.8 Å². The molecule has 210 valence electrons. The monoisotopic (exact) mass is 590 g/mol. The van der Waals surface area contributed by atoms with Crippen molar-refractivity contribution in [3.63, 3.8) is 0 Å². The molecule has 0 unspecified atom stereocenters. The Labute approximate surface area is 246 Å². The van der Waals surface area contributed by atoms with E-state index in [1.54, 1.807) is 42.2 Å². The summed E-state index contributed by atoms with van der Waals surface area (Å²) < 4.78 is 14.4. The number of hydrogen-bond acceptors (Lipinski definition) is 6. The number of β-amino-alcohol motifs (C(OH)–C–C–N with tert-alkyl or cyclic N) is 1. The first-order chi connectivity index (χ1) is 19.7. The molecule has 2 aliphatic heterocycles. The first kappa shape index (κ1) is 27.4. The zero-order valence-corrected chi connectivity index (χ0v) is 24.1. The van der Waals surface area contributed by atoms with Gasteiger partial charge in [0.1, 0.15) is 17.3 Å². The van der Waals surface area contributed by atoms with E-state index in [2.05, 4.69) is 10.3 Å². The van der Waals surface area contributed by atoms with E-state index < -0.39 is 11.9 Å². The summed E-state index contributed by atoms with van der Waals surface area (Å²) in [6.45, 7) is 4.60. The molecule has 10 heteroatoms. The molecule has 2 aromatic carbocycles. The van der Waals surface area contributed by atoms with Gasteiger partial charge in [-0.2, -0.15) is 0 Å². The number of nitrogens with zero attached hydrogens (tertiary/aromatic N) is 3. The van der Waals surface area contributed by atoms with Gasteiger partial charge in [0, 0.05) is 34.6 Å². The van der Waals surface area contributed by atoms with Crippen molar-refractivity contribution in [1.29, 1.82) is 0 Å². The van der Waals surface area contributed by atoms with Crippen LogP contribution in [-0.2, 0) is 6.42 Å². The largest absolute Gasteiger partial charge is 0.391 e. The number of rotatable bonds is 4. The molecule has 1 fully saturated rings. The quantitative estimate of drug-likeness (QED) is 0.290. The second-order valence-electron chi connectivity index (χ2n) is 10.5. The Balaban J connectivity index is 1.32. The third-order valence-corrected chi connectivity index (χ3v) is 9.08. The fourth-order valence-corrected chi connectivity index (χ4v) is 6.87. The van der Waals surface area contributed by atoms with Gasteiger partial charge in [-0.15, -0.1) is 11.3 Å². The molecule has 0 saturated carbocycles. The highest BCUT2D eigenvalue weighted by atomic mass is 35.5. The molecule has 7 nitrogen and oxygen atoms in total. The van der Waals surface area contributed by atoms with Crippen molar-refractivity contribution in [1.82, 2.24) is 4.98 Å². The van der Waals surface area contributed by atoms with Gasteiger partial charge in [0.05, 0.1) is 22.4 Å². The van der Waals surface area contributed by atoms with Gasteiger partial charge in [-0.3, -0.25) is 9.59 Å². The molecule has 2 N–H and O–H groups in total. The van der Waals surface area contributed by atoms with Crippen molar-refractivity contribution in [2.75, 3.05) is 28.2 Å². The first-order valence-corrected chi connectivity index (χ1v) is 14.6. The normalized spacial score (nSPS) is 18.1. The third kappa shape index (κ3) is 5.21. The predicted octanol–water partition coefficient (Wildman–Crippen LogP) is 6.33. The Morgan fingerprint density at radius 2 is 1.95 bits per heavy atom. The van der Waals surface area contributed by atoms with Crippen LogP contribution in [0.5, 0.6) is 0 Å². The number of aryl methyl sites for hydroxylation is 1. The van der Waals surface area contributed by atoms with E-state index in [1.165, 1.54) is 17.4 Å². The van der Waals surface area contributed by atoms with E-state index in [9.17, 15) is 19.1 Å². The van der Waals surface area contributed by atoms with Crippen LogP contribution in [0.25, 0.3) is 10.4 Å². The van der Waals surface area contributed by atoms with Gasteiger partial charge in [-0.1, -0.05) is 29.8 Å². The minimum absolute atomic E-state index is 0.116. The maximum atomic E-state index is 14.4. The number of thiophene rings is 1. The van der Waals surface area contributed by atoms with E-state index in [0.717, 1.165) is 16.0 Å². The van der Waals surface area contributed by atoms with Crippen molar-refractivity contribution in [2.45, 2.75) is 38.8 Å². The SMILES string of the molecule is Cc1cccc(F)c1NC(=O)c1cc2c(s1)-c1ccc(Cl)cc1N(C(=O)c1cccc(N3C[C@@H](O)C[C@@H]3C)n1)CC2. The number of para-hydroxylation sites is 1. The maximum absolute atomic E-state index is 14.4. The van der Waals surface area contributed by atoms with Crippen molar-refractivity contribution in [3.05, 3.63) is 93.2 Å². The number of aliphatic hydroxyl groups excluding tert-OH is 1. The fraction of sp³-hybridized carbons (Fsp3) is 0.258. The van der Waals surface area contributed by atoms with Gasteiger partial charge in [0.15, 0.2) is 0 Å². The molecular formula is C31H28ClFN4O3S. The van der Waals surface area contributed by atoms with Gasteiger partial charge < -0.3 is 20.2 Å². The summed E-state index contributed by atoms with van der Waals surface area (Å²) in [5, 5.41) is 13.3. The highest BCUT2D eigenvalue weighted by Gasteiger charge is 2.31. The van der Waals surface area contributed by atoms with Crippen LogP contribution < -0.4 is 15.1 Å². The van der Waals surface area contributed by atoms with Crippen molar-refractivity contribution >= 4 is 51.9 Å². The Kier molecular flexibility index (Phi) is 7.27. The number of pyridine rings is 1. The van der Waals surface area contributed by atoms with Crippen LogP contribution in [-0.4, -0.2) is 47.1 Å². The summed E-state index contributed by atoms with van der Waals surface area (Å²) in [5.74, 6) is -0.479. The minimum Gasteiger partial charge on any atom is -0.391 e. The van der Waals surface area contributed by atoms with E-state index in [-0.39, 0.29) is 23.5 Å². The minimum atomic E-state index is -0.487. The second-order valence-corrected chi connectivity index (χ2v) is 12.0. The molecule has 4 aromatic rings. The summed E-state index contributed by atoms with van der Waals surface area (Å²) in [6, 6.07) is 17.3. The van der Waals surface area contributed by atoms with Crippen molar-refractivity contribution < 1.29 is 19.1 Å². The van der Waals surface area contributed by atoms with E-state index in [4.69, 9.17) is 11.6 Å². The standard InChI is InChI=1S/C31H28ClFN4O3S/c1-17-5-3-6-23(33)28(17)35-30(39)26-14-19-11-12-36(25-15-20(32)9-10-22(25)29(19)41-26)31(40)24-7-4-8-27(34-24)37-16-21(38)13-18(37)2/h3-10,14-15,18,21,38H,11-13,16H2,1-2H3,(H,35,39)/t18-,21-/m0/s1. The van der Waals surface area contributed by atoms with Gasteiger partial charge >= 0.3 is 0 Å². The summed E-state index contributed by atoms with van der Waals surface area (Å²) in [6.07, 6.45) is 0.734.